The van der Waals surface area contributed by atoms with Crippen molar-refractivity contribution in [1.29, 1.82) is 0 Å². The lowest BCUT2D eigenvalue weighted by molar-refractivity contribution is 0.506. The van der Waals surface area contributed by atoms with Gasteiger partial charge in [-0.15, -0.1) is 10.2 Å². The number of rotatable bonds is 5. The molecule has 0 aromatic carbocycles. The quantitative estimate of drug-likeness (QED) is 0.816. The van der Waals surface area contributed by atoms with Crippen LogP contribution in [0.4, 0.5) is 0 Å². The normalized spacial score (nSPS) is 13.1. The summed E-state index contributed by atoms with van der Waals surface area (Å²) in [7, 11) is 0. The third-order valence-corrected chi connectivity index (χ3v) is 2.71. The van der Waals surface area contributed by atoms with E-state index in [0.717, 1.165) is 30.7 Å². The number of likely N-dealkylation sites (N-methyl/N-ethyl adjacent to an activating group) is 1. The molecule has 0 amide bonds. The molecule has 1 atom stereocenters. The van der Waals surface area contributed by atoms with Gasteiger partial charge in [-0.25, -0.2) is 0 Å². The minimum Gasteiger partial charge on any atom is -0.314 e. The fraction of sp³-hybridized carbons (Fsp3) is 0.545. The molecule has 0 radical (unpaired) electrons. The number of hydrogen-bond acceptors (Lipinski definition) is 4. The number of nitrogens with one attached hydrogen (secondary N) is 1. The Morgan fingerprint density at radius 2 is 2.31 bits per heavy atom. The fourth-order valence-electron chi connectivity index (χ4n) is 1.84. The molecule has 5 heteroatoms. The van der Waals surface area contributed by atoms with Crippen LogP contribution in [-0.4, -0.2) is 32.2 Å². The van der Waals surface area contributed by atoms with Crippen molar-refractivity contribution in [3.05, 3.63) is 24.4 Å². The van der Waals surface area contributed by atoms with Gasteiger partial charge in [0.2, 0.25) is 0 Å². The van der Waals surface area contributed by atoms with Crippen LogP contribution in [0.3, 0.4) is 0 Å². The zero-order valence-corrected chi connectivity index (χ0v) is 9.72. The highest BCUT2D eigenvalue weighted by atomic mass is 15.2. The average Bonchev–Trinajstić information content (AvgIpc) is 2.77. The summed E-state index contributed by atoms with van der Waals surface area (Å²) in [4.78, 5) is 4.39. The summed E-state index contributed by atoms with van der Waals surface area (Å²) in [5.41, 5.74) is 1.87. The number of fused-ring (bicyclic) bond motifs is 1. The second-order valence-electron chi connectivity index (χ2n) is 3.80. The van der Waals surface area contributed by atoms with Gasteiger partial charge in [0, 0.05) is 24.9 Å². The van der Waals surface area contributed by atoms with Crippen molar-refractivity contribution in [2.75, 3.05) is 6.54 Å². The first kappa shape index (κ1) is 11.0. The third-order valence-electron chi connectivity index (χ3n) is 2.71. The summed E-state index contributed by atoms with van der Waals surface area (Å²) in [5.74, 6) is 0. The van der Waals surface area contributed by atoms with Crippen molar-refractivity contribution in [3.63, 3.8) is 0 Å². The van der Waals surface area contributed by atoms with E-state index in [9.17, 15) is 0 Å². The van der Waals surface area contributed by atoms with Gasteiger partial charge in [-0.05, 0) is 13.0 Å². The van der Waals surface area contributed by atoms with E-state index in [2.05, 4.69) is 34.3 Å². The Labute approximate surface area is 94.9 Å². The van der Waals surface area contributed by atoms with Gasteiger partial charge >= 0.3 is 0 Å². The van der Waals surface area contributed by atoms with Crippen LogP contribution < -0.4 is 5.32 Å². The number of hydrogen-bond donors (Lipinski definition) is 1. The summed E-state index contributed by atoms with van der Waals surface area (Å²) >= 11 is 0. The molecular formula is C11H17N5. The minimum atomic E-state index is 0.459. The number of aromatic nitrogens is 4. The van der Waals surface area contributed by atoms with E-state index in [-0.39, 0.29) is 0 Å². The smallest absolute Gasteiger partial charge is 0.182 e. The minimum absolute atomic E-state index is 0.459. The molecule has 5 nitrogen and oxygen atoms in total. The van der Waals surface area contributed by atoms with Crippen molar-refractivity contribution < 1.29 is 0 Å². The molecule has 2 rings (SSSR count). The van der Waals surface area contributed by atoms with Crippen LogP contribution in [0, 0.1) is 0 Å². The third kappa shape index (κ3) is 2.19. The van der Waals surface area contributed by atoms with Crippen LogP contribution in [0.15, 0.2) is 18.7 Å². The van der Waals surface area contributed by atoms with Crippen molar-refractivity contribution in [1.82, 2.24) is 24.9 Å². The molecule has 16 heavy (non-hydrogen) atoms. The van der Waals surface area contributed by atoms with Gasteiger partial charge in [0.05, 0.1) is 5.69 Å². The largest absolute Gasteiger partial charge is 0.314 e. The zero-order chi connectivity index (χ0) is 11.4. The zero-order valence-electron chi connectivity index (χ0n) is 9.72. The van der Waals surface area contributed by atoms with Crippen LogP contribution in [-0.2, 0) is 6.42 Å². The Kier molecular flexibility index (Phi) is 3.46. The molecule has 0 aliphatic rings. The summed E-state index contributed by atoms with van der Waals surface area (Å²) in [6.07, 6.45) is 7.35. The van der Waals surface area contributed by atoms with E-state index in [1.54, 1.807) is 12.5 Å². The molecule has 2 aromatic heterocycles. The maximum Gasteiger partial charge on any atom is 0.182 e. The van der Waals surface area contributed by atoms with E-state index in [0.29, 0.717) is 6.04 Å². The van der Waals surface area contributed by atoms with Crippen LogP contribution in [0.1, 0.15) is 26.0 Å². The van der Waals surface area contributed by atoms with Crippen LogP contribution in [0.5, 0.6) is 0 Å². The molecule has 1 unspecified atom stereocenters. The maximum absolute atomic E-state index is 4.39. The van der Waals surface area contributed by atoms with Crippen molar-refractivity contribution in [2.24, 2.45) is 0 Å². The Morgan fingerprint density at radius 3 is 3.06 bits per heavy atom. The van der Waals surface area contributed by atoms with E-state index >= 15 is 0 Å². The molecule has 0 saturated heterocycles. The van der Waals surface area contributed by atoms with Crippen molar-refractivity contribution >= 4 is 5.65 Å². The topological polar surface area (TPSA) is 55.1 Å². The van der Waals surface area contributed by atoms with Gasteiger partial charge in [0.25, 0.3) is 0 Å². The molecule has 0 aliphatic carbocycles. The second-order valence-corrected chi connectivity index (χ2v) is 3.80. The molecule has 0 spiro atoms. The SMILES string of the molecule is CCNC(CC)Cc1nccn2cnnc12. The highest BCUT2D eigenvalue weighted by Gasteiger charge is 2.11. The van der Waals surface area contributed by atoms with E-state index in [1.807, 2.05) is 10.6 Å². The van der Waals surface area contributed by atoms with Crippen molar-refractivity contribution in [3.8, 4) is 0 Å². The predicted molar refractivity (Wildman–Crippen MR) is 62.2 cm³/mol. The highest BCUT2D eigenvalue weighted by Crippen LogP contribution is 2.08. The Balaban J connectivity index is 2.22. The summed E-state index contributed by atoms with van der Waals surface area (Å²) in [5, 5.41) is 11.4. The molecule has 2 heterocycles. The molecule has 0 saturated carbocycles. The molecule has 2 aromatic rings. The lowest BCUT2D eigenvalue weighted by Gasteiger charge is -2.14. The van der Waals surface area contributed by atoms with Gasteiger partial charge < -0.3 is 5.32 Å². The van der Waals surface area contributed by atoms with Crippen LogP contribution in [0.25, 0.3) is 5.65 Å². The molecule has 86 valence electrons. The van der Waals surface area contributed by atoms with E-state index < -0.39 is 0 Å². The first-order chi connectivity index (χ1) is 7.85. The van der Waals surface area contributed by atoms with Gasteiger partial charge in [-0.1, -0.05) is 13.8 Å². The summed E-state index contributed by atoms with van der Waals surface area (Å²) in [6.45, 7) is 5.28. The van der Waals surface area contributed by atoms with E-state index in [4.69, 9.17) is 0 Å². The first-order valence-electron chi connectivity index (χ1n) is 5.71. The molecule has 0 bridgehead atoms. The first-order valence-corrected chi connectivity index (χ1v) is 5.71. The molecular weight excluding hydrogens is 202 g/mol. The Bertz CT molecular complexity index is 450. The highest BCUT2D eigenvalue weighted by molar-refractivity contribution is 5.42. The van der Waals surface area contributed by atoms with Crippen LogP contribution >= 0.6 is 0 Å². The fourth-order valence-corrected chi connectivity index (χ4v) is 1.84. The second kappa shape index (κ2) is 5.03. The standard InChI is InChI=1S/C11H17N5/c1-3-9(12-4-2)7-10-11-15-14-8-16(11)6-5-13-10/h5-6,8-9,12H,3-4,7H2,1-2H3. The molecule has 0 aliphatic heterocycles. The number of nitrogens with zero attached hydrogens (tertiary/aromatic N) is 4. The Morgan fingerprint density at radius 1 is 1.44 bits per heavy atom. The summed E-state index contributed by atoms with van der Waals surface area (Å²) in [6, 6.07) is 0.459. The van der Waals surface area contributed by atoms with Gasteiger partial charge in [0.1, 0.15) is 6.33 Å². The van der Waals surface area contributed by atoms with Gasteiger partial charge in [-0.3, -0.25) is 9.38 Å². The van der Waals surface area contributed by atoms with Gasteiger partial charge in [-0.2, -0.15) is 0 Å². The predicted octanol–water partition coefficient (Wildman–Crippen LogP) is 1.05. The lowest BCUT2D eigenvalue weighted by Crippen LogP contribution is -2.30. The van der Waals surface area contributed by atoms with Crippen molar-refractivity contribution in [2.45, 2.75) is 32.7 Å². The average molecular weight is 219 g/mol. The molecule has 0 fully saturated rings. The summed E-state index contributed by atoms with van der Waals surface area (Å²) < 4.78 is 1.90. The van der Waals surface area contributed by atoms with Crippen LogP contribution in [0.2, 0.25) is 0 Å². The molecule has 1 N–H and O–H groups in total. The Hall–Kier alpha value is -1.49. The lowest BCUT2D eigenvalue weighted by atomic mass is 10.1. The van der Waals surface area contributed by atoms with Gasteiger partial charge in [0.15, 0.2) is 5.65 Å². The maximum atomic E-state index is 4.39. The monoisotopic (exact) mass is 219 g/mol. The van der Waals surface area contributed by atoms with E-state index in [1.165, 1.54) is 0 Å².